The molecule has 2 rings (SSSR count). The maximum absolute atomic E-state index is 9.65. The third-order valence-electron chi connectivity index (χ3n) is 2.77. The topological polar surface area (TPSA) is 93.0 Å². The lowest BCUT2D eigenvalue weighted by Gasteiger charge is -2.37. The average molecular weight is 175 g/mol. The summed E-state index contributed by atoms with van der Waals surface area (Å²) in [5.41, 5.74) is -1.50. The van der Waals surface area contributed by atoms with E-state index in [4.69, 9.17) is 0 Å². The summed E-state index contributed by atoms with van der Waals surface area (Å²) in [5.74, 6) is 0. The quantitative estimate of drug-likeness (QED) is 0.281. The molecule has 2 aliphatic rings. The van der Waals surface area contributed by atoms with Crippen LogP contribution in [0, 0.1) is 0 Å². The standard InChI is InChI=1S/C7H13NO4/c9-4-1-3-5(10)2-7(12,8-3)6(4)11/h3-6,8-12H,1-2H2. The van der Waals surface area contributed by atoms with Crippen LogP contribution >= 0.6 is 0 Å². The van der Waals surface area contributed by atoms with Gasteiger partial charge in [-0.15, -0.1) is 0 Å². The zero-order valence-corrected chi connectivity index (χ0v) is 6.51. The van der Waals surface area contributed by atoms with Gasteiger partial charge >= 0.3 is 0 Å². The van der Waals surface area contributed by atoms with Gasteiger partial charge in [0.25, 0.3) is 0 Å². The highest BCUT2D eigenvalue weighted by Crippen LogP contribution is 2.34. The summed E-state index contributed by atoms with van der Waals surface area (Å²) in [6.45, 7) is 0. The number of hydrogen-bond acceptors (Lipinski definition) is 5. The van der Waals surface area contributed by atoms with Crippen LogP contribution in [0.1, 0.15) is 12.8 Å². The van der Waals surface area contributed by atoms with Crippen LogP contribution in [0.2, 0.25) is 0 Å². The second kappa shape index (κ2) is 2.40. The highest BCUT2D eigenvalue weighted by molar-refractivity contribution is 5.07. The van der Waals surface area contributed by atoms with E-state index in [1.54, 1.807) is 0 Å². The fourth-order valence-corrected chi connectivity index (χ4v) is 2.07. The number of hydrogen-bond donors (Lipinski definition) is 5. The van der Waals surface area contributed by atoms with E-state index in [0.717, 1.165) is 0 Å². The number of piperidine rings is 1. The second-order valence-corrected chi connectivity index (χ2v) is 3.69. The molecule has 2 heterocycles. The van der Waals surface area contributed by atoms with Crippen molar-refractivity contribution in [2.75, 3.05) is 0 Å². The Balaban J connectivity index is 2.24. The molecule has 2 bridgehead atoms. The SMILES string of the molecule is OC1CC2(O)NC1CC(O)C2O. The summed E-state index contributed by atoms with van der Waals surface area (Å²) in [6, 6.07) is -0.298. The molecule has 2 fully saturated rings. The summed E-state index contributed by atoms with van der Waals surface area (Å²) in [7, 11) is 0. The molecule has 5 nitrogen and oxygen atoms in total. The van der Waals surface area contributed by atoms with Crippen molar-refractivity contribution < 1.29 is 20.4 Å². The molecule has 2 saturated heterocycles. The van der Waals surface area contributed by atoms with Crippen molar-refractivity contribution in [3.8, 4) is 0 Å². The monoisotopic (exact) mass is 175 g/mol. The predicted octanol–water partition coefficient (Wildman–Crippen LogP) is -2.48. The molecule has 0 aliphatic carbocycles. The molecule has 0 aromatic carbocycles. The lowest BCUT2D eigenvalue weighted by molar-refractivity contribution is -0.153. The van der Waals surface area contributed by atoms with Gasteiger partial charge in [0.1, 0.15) is 11.8 Å². The number of fused-ring (bicyclic) bond motifs is 2. The Morgan fingerprint density at radius 2 is 1.83 bits per heavy atom. The fraction of sp³-hybridized carbons (Fsp3) is 1.00. The highest BCUT2D eigenvalue weighted by atomic mass is 16.4. The lowest BCUT2D eigenvalue weighted by atomic mass is 9.96. The minimum atomic E-state index is -1.50. The lowest BCUT2D eigenvalue weighted by Crippen LogP contribution is -2.61. The first-order valence-corrected chi connectivity index (χ1v) is 4.07. The Kier molecular flexibility index (Phi) is 1.68. The zero-order chi connectivity index (χ0) is 8.93. The van der Waals surface area contributed by atoms with Gasteiger partial charge in [-0.2, -0.15) is 0 Å². The van der Waals surface area contributed by atoms with E-state index >= 15 is 0 Å². The molecular weight excluding hydrogens is 162 g/mol. The third kappa shape index (κ3) is 0.982. The minimum absolute atomic E-state index is 0.0793. The normalized spacial score (nSPS) is 59.0. The minimum Gasteiger partial charge on any atom is -0.391 e. The van der Waals surface area contributed by atoms with E-state index in [-0.39, 0.29) is 18.9 Å². The van der Waals surface area contributed by atoms with Crippen LogP contribution in [-0.4, -0.2) is 50.5 Å². The van der Waals surface area contributed by atoms with Gasteiger partial charge < -0.3 is 20.4 Å². The van der Waals surface area contributed by atoms with E-state index < -0.39 is 24.0 Å². The van der Waals surface area contributed by atoms with Crippen LogP contribution in [0.5, 0.6) is 0 Å². The first-order valence-electron chi connectivity index (χ1n) is 4.07. The molecular formula is C7H13NO4. The molecule has 0 aromatic heterocycles. The molecule has 70 valence electrons. The van der Waals surface area contributed by atoms with Crippen LogP contribution in [0.3, 0.4) is 0 Å². The van der Waals surface area contributed by atoms with Gasteiger partial charge in [0, 0.05) is 12.5 Å². The number of aliphatic hydroxyl groups excluding tert-OH is 3. The number of aliphatic hydroxyl groups is 4. The molecule has 12 heavy (non-hydrogen) atoms. The maximum Gasteiger partial charge on any atom is 0.147 e. The van der Waals surface area contributed by atoms with E-state index in [0.29, 0.717) is 0 Å². The van der Waals surface area contributed by atoms with E-state index in [2.05, 4.69) is 5.32 Å². The molecule has 0 spiro atoms. The van der Waals surface area contributed by atoms with Crippen LogP contribution in [0.4, 0.5) is 0 Å². The predicted molar refractivity (Wildman–Crippen MR) is 39.1 cm³/mol. The Morgan fingerprint density at radius 3 is 2.50 bits per heavy atom. The van der Waals surface area contributed by atoms with Crippen molar-refractivity contribution >= 4 is 0 Å². The van der Waals surface area contributed by atoms with Crippen molar-refractivity contribution in [2.24, 2.45) is 0 Å². The van der Waals surface area contributed by atoms with Gasteiger partial charge in [0.15, 0.2) is 0 Å². The maximum atomic E-state index is 9.65. The van der Waals surface area contributed by atoms with Gasteiger partial charge in [-0.05, 0) is 6.42 Å². The molecule has 5 atom stereocenters. The number of rotatable bonds is 0. The molecule has 2 aliphatic heterocycles. The van der Waals surface area contributed by atoms with Crippen molar-refractivity contribution in [3.05, 3.63) is 0 Å². The fourth-order valence-electron chi connectivity index (χ4n) is 2.07. The summed E-state index contributed by atoms with van der Waals surface area (Å²) in [6.07, 6.45) is -2.47. The van der Waals surface area contributed by atoms with Crippen molar-refractivity contribution in [3.63, 3.8) is 0 Å². The first-order chi connectivity index (χ1) is 5.53. The Hall–Kier alpha value is -0.200. The first kappa shape index (κ1) is 8.40. The smallest absolute Gasteiger partial charge is 0.147 e. The molecule has 0 radical (unpaired) electrons. The third-order valence-corrected chi connectivity index (χ3v) is 2.77. The highest BCUT2D eigenvalue weighted by Gasteiger charge is 2.54. The van der Waals surface area contributed by atoms with Crippen LogP contribution in [0.15, 0.2) is 0 Å². The average Bonchev–Trinajstić information content (AvgIpc) is 2.22. The van der Waals surface area contributed by atoms with Gasteiger partial charge in [-0.1, -0.05) is 0 Å². The van der Waals surface area contributed by atoms with E-state index in [1.807, 2.05) is 0 Å². The molecule has 0 amide bonds. The molecule has 0 saturated carbocycles. The zero-order valence-electron chi connectivity index (χ0n) is 6.51. The second-order valence-electron chi connectivity index (χ2n) is 3.69. The van der Waals surface area contributed by atoms with Crippen molar-refractivity contribution in [1.82, 2.24) is 5.32 Å². The summed E-state index contributed by atoms with van der Waals surface area (Å²) in [4.78, 5) is 0. The molecule has 0 aromatic rings. The van der Waals surface area contributed by atoms with Gasteiger partial charge in [0.2, 0.25) is 0 Å². The Morgan fingerprint density at radius 1 is 1.17 bits per heavy atom. The molecule has 5 N–H and O–H groups in total. The van der Waals surface area contributed by atoms with Gasteiger partial charge in [0.05, 0.1) is 12.2 Å². The Bertz CT molecular complexity index is 196. The van der Waals surface area contributed by atoms with Crippen LogP contribution in [0.25, 0.3) is 0 Å². The molecule has 5 unspecified atom stereocenters. The summed E-state index contributed by atoms with van der Waals surface area (Å²) in [5, 5.41) is 40.3. The Labute approximate surface area is 69.6 Å². The van der Waals surface area contributed by atoms with Crippen molar-refractivity contribution in [1.29, 1.82) is 0 Å². The largest absolute Gasteiger partial charge is 0.391 e. The van der Waals surface area contributed by atoms with Crippen LogP contribution < -0.4 is 5.32 Å². The molecule has 5 heteroatoms. The summed E-state index contributed by atoms with van der Waals surface area (Å²) < 4.78 is 0. The number of nitrogens with one attached hydrogen (secondary N) is 1. The van der Waals surface area contributed by atoms with Crippen LogP contribution in [-0.2, 0) is 0 Å². The van der Waals surface area contributed by atoms with Gasteiger partial charge in [-0.25, -0.2) is 0 Å². The van der Waals surface area contributed by atoms with Gasteiger partial charge in [-0.3, -0.25) is 5.32 Å². The van der Waals surface area contributed by atoms with Crippen molar-refractivity contribution in [2.45, 2.75) is 42.9 Å². The van der Waals surface area contributed by atoms with E-state index in [1.165, 1.54) is 0 Å². The van der Waals surface area contributed by atoms with E-state index in [9.17, 15) is 20.4 Å². The summed E-state index contributed by atoms with van der Waals surface area (Å²) >= 11 is 0.